The zero-order chi connectivity index (χ0) is 13.0. The average molecular weight is 245 g/mol. The van der Waals surface area contributed by atoms with Crippen molar-refractivity contribution >= 4 is 23.0 Å². The SMILES string of the molecule is C/C=C/CCNc1cc2c(cc1N)CCC(=O)N2. The molecule has 1 heterocycles. The topological polar surface area (TPSA) is 67.1 Å². The first kappa shape index (κ1) is 12.5. The van der Waals surface area contributed by atoms with Gasteiger partial charge in [0.25, 0.3) is 0 Å². The summed E-state index contributed by atoms with van der Waals surface area (Å²) in [6, 6.07) is 3.88. The van der Waals surface area contributed by atoms with Crippen molar-refractivity contribution in [3.63, 3.8) is 0 Å². The van der Waals surface area contributed by atoms with Gasteiger partial charge in [0.1, 0.15) is 0 Å². The molecule has 1 aromatic rings. The molecule has 0 bridgehead atoms. The Morgan fingerprint density at radius 3 is 3.06 bits per heavy atom. The number of amides is 1. The third-order valence-corrected chi connectivity index (χ3v) is 3.03. The lowest BCUT2D eigenvalue weighted by molar-refractivity contribution is -0.116. The van der Waals surface area contributed by atoms with Gasteiger partial charge in [-0.3, -0.25) is 4.79 Å². The summed E-state index contributed by atoms with van der Waals surface area (Å²) in [5.41, 5.74) is 9.63. The molecule has 0 atom stereocenters. The summed E-state index contributed by atoms with van der Waals surface area (Å²) in [5, 5.41) is 6.17. The van der Waals surface area contributed by atoms with Gasteiger partial charge >= 0.3 is 0 Å². The second-order valence-corrected chi connectivity index (χ2v) is 4.43. The lowest BCUT2D eigenvalue weighted by atomic mass is 10.0. The Labute approximate surface area is 107 Å². The Morgan fingerprint density at radius 2 is 2.28 bits per heavy atom. The van der Waals surface area contributed by atoms with Crippen LogP contribution in [0.2, 0.25) is 0 Å². The van der Waals surface area contributed by atoms with Gasteiger partial charge < -0.3 is 16.4 Å². The maximum Gasteiger partial charge on any atom is 0.224 e. The van der Waals surface area contributed by atoms with Crippen molar-refractivity contribution in [1.29, 1.82) is 0 Å². The minimum absolute atomic E-state index is 0.0761. The quantitative estimate of drug-likeness (QED) is 0.434. The Kier molecular flexibility index (Phi) is 3.87. The summed E-state index contributed by atoms with van der Waals surface area (Å²) in [4.78, 5) is 11.3. The number of allylic oxidation sites excluding steroid dienone is 1. The minimum atomic E-state index is 0.0761. The van der Waals surface area contributed by atoms with E-state index in [0.29, 0.717) is 6.42 Å². The van der Waals surface area contributed by atoms with E-state index in [0.717, 1.165) is 42.0 Å². The van der Waals surface area contributed by atoms with Crippen LogP contribution in [0.3, 0.4) is 0 Å². The number of hydrogen-bond acceptors (Lipinski definition) is 3. The third-order valence-electron chi connectivity index (χ3n) is 3.03. The molecule has 0 saturated carbocycles. The highest BCUT2D eigenvalue weighted by molar-refractivity contribution is 5.95. The molecule has 1 aliphatic heterocycles. The first-order valence-electron chi connectivity index (χ1n) is 6.28. The Bertz CT molecular complexity index is 480. The number of rotatable bonds is 4. The van der Waals surface area contributed by atoms with Gasteiger partial charge in [-0.15, -0.1) is 0 Å². The highest BCUT2D eigenvalue weighted by Crippen LogP contribution is 2.30. The summed E-state index contributed by atoms with van der Waals surface area (Å²) < 4.78 is 0. The van der Waals surface area contributed by atoms with Gasteiger partial charge in [0, 0.05) is 18.7 Å². The van der Waals surface area contributed by atoms with Crippen molar-refractivity contribution in [2.24, 2.45) is 0 Å². The van der Waals surface area contributed by atoms with E-state index in [9.17, 15) is 4.79 Å². The summed E-state index contributed by atoms with van der Waals surface area (Å²) in [6.45, 7) is 2.84. The number of carbonyl (C=O) groups excluding carboxylic acids is 1. The first-order chi connectivity index (χ1) is 8.70. The van der Waals surface area contributed by atoms with E-state index in [1.807, 2.05) is 25.1 Å². The Morgan fingerprint density at radius 1 is 1.44 bits per heavy atom. The number of hydrogen-bond donors (Lipinski definition) is 3. The van der Waals surface area contributed by atoms with E-state index in [2.05, 4.69) is 16.7 Å². The number of fused-ring (bicyclic) bond motifs is 1. The van der Waals surface area contributed by atoms with E-state index in [-0.39, 0.29) is 5.91 Å². The number of nitrogens with one attached hydrogen (secondary N) is 2. The predicted molar refractivity (Wildman–Crippen MR) is 75.7 cm³/mol. The molecule has 2 rings (SSSR count). The fourth-order valence-electron chi connectivity index (χ4n) is 2.06. The van der Waals surface area contributed by atoms with Crippen LogP contribution in [0.5, 0.6) is 0 Å². The largest absolute Gasteiger partial charge is 0.397 e. The lowest BCUT2D eigenvalue weighted by Gasteiger charge is -2.19. The fraction of sp³-hybridized carbons (Fsp3) is 0.357. The van der Waals surface area contributed by atoms with E-state index in [1.165, 1.54) is 0 Å². The molecule has 0 spiro atoms. The Hall–Kier alpha value is -1.97. The van der Waals surface area contributed by atoms with Crippen LogP contribution in [-0.4, -0.2) is 12.5 Å². The molecule has 1 aliphatic rings. The molecule has 0 aromatic heterocycles. The second kappa shape index (κ2) is 5.58. The summed E-state index contributed by atoms with van der Waals surface area (Å²) in [5.74, 6) is 0.0761. The molecule has 0 fully saturated rings. The van der Waals surface area contributed by atoms with Crippen molar-refractivity contribution < 1.29 is 4.79 Å². The summed E-state index contributed by atoms with van der Waals surface area (Å²) in [7, 11) is 0. The monoisotopic (exact) mass is 245 g/mol. The fourth-order valence-corrected chi connectivity index (χ4v) is 2.06. The molecule has 0 unspecified atom stereocenters. The minimum Gasteiger partial charge on any atom is -0.397 e. The van der Waals surface area contributed by atoms with Crippen molar-refractivity contribution in [2.75, 3.05) is 22.9 Å². The molecule has 1 amide bonds. The summed E-state index contributed by atoms with van der Waals surface area (Å²) >= 11 is 0. The van der Waals surface area contributed by atoms with Crippen molar-refractivity contribution in [3.05, 3.63) is 29.8 Å². The van der Waals surface area contributed by atoms with Crippen LogP contribution in [0, 0.1) is 0 Å². The maximum atomic E-state index is 11.3. The van der Waals surface area contributed by atoms with Crippen LogP contribution in [-0.2, 0) is 11.2 Å². The molecule has 0 aliphatic carbocycles. The number of aryl methyl sites for hydroxylation is 1. The third kappa shape index (κ3) is 2.83. The number of nitrogen functional groups attached to an aromatic ring is 1. The smallest absolute Gasteiger partial charge is 0.224 e. The van der Waals surface area contributed by atoms with Gasteiger partial charge in [-0.25, -0.2) is 0 Å². The standard InChI is InChI=1S/C14H19N3O/c1-2-3-4-7-16-13-9-12-10(8-11(13)15)5-6-14(18)17-12/h2-3,8-9,16H,4-7,15H2,1H3,(H,17,18)/b3-2+. The number of carbonyl (C=O) groups is 1. The second-order valence-electron chi connectivity index (χ2n) is 4.43. The normalized spacial score (nSPS) is 14.4. The van der Waals surface area contributed by atoms with Crippen LogP contribution in [0.4, 0.5) is 17.1 Å². The van der Waals surface area contributed by atoms with Gasteiger partial charge in [-0.05, 0) is 37.5 Å². The van der Waals surface area contributed by atoms with Gasteiger partial charge in [-0.2, -0.15) is 0 Å². The molecular weight excluding hydrogens is 226 g/mol. The van der Waals surface area contributed by atoms with Gasteiger partial charge in [0.2, 0.25) is 5.91 Å². The zero-order valence-corrected chi connectivity index (χ0v) is 10.6. The maximum absolute atomic E-state index is 11.3. The molecule has 0 radical (unpaired) electrons. The molecule has 4 N–H and O–H groups in total. The molecule has 1 aromatic carbocycles. The van der Waals surface area contributed by atoms with Crippen LogP contribution in [0.15, 0.2) is 24.3 Å². The molecule has 96 valence electrons. The highest BCUT2D eigenvalue weighted by atomic mass is 16.1. The van der Waals surface area contributed by atoms with Crippen molar-refractivity contribution in [3.8, 4) is 0 Å². The van der Waals surface area contributed by atoms with Crippen LogP contribution in [0.25, 0.3) is 0 Å². The highest BCUT2D eigenvalue weighted by Gasteiger charge is 2.16. The molecule has 18 heavy (non-hydrogen) atoms. The lowest BCUT2D eigenvalue weighted by Crippen LogP contribution is -2.19. The molecule has 4 heteroatoms. The van der Waals surface area contributed by atoms with Crippen LogP contribution >= 0.6 is 0 Å². The Balaban J connectivity index is 2.11. The van der Waals surface area contributed by atoms with E-state index >= 15 is 0 Å². The molecule has 4 nitrogen and oxygen atoms in total. The predicted octanol–water partition coefficient (Wildman–Crippen LogP) is 2.53. The van der Waals surface area contributed by atoms with E-state index in [4.69, 9.17) is 5.73 Å². The van der Waals surface area contributed by atoms with Crippen LogP contribution in [0.1, 0.15) is 25.3 Å². The van der Waals surface area contributed by atoms with Crippen LogP contribution < -0.4 is 16.4 Å². The van der Waals surface area contributed by atoms with Gasteiger partial charge in [-0.1, -0.05) is 12.2 Å². The number of benzene rings is 1. The van der Waals surface area contributed by atoms with E-state index < -0.39 is 0 Å². The number of anilines is 3. The average Bonchev–Trinajstić information content (AvgIpc) is 2.35. The first-order valence-corrected chi connectivity index (χ1v) is 6.28. The zero-order valence-electron chi connectivity index (χ0n) is 10.6. The van der Waals surface area contributed by atoms with E-state index in [1.54, 1.807) is 0 Å². The molecular formula is C14H19N3O. The number of nitrogens with two attached hydrogens (primary N) is 1. The molecule has 0 saturated heterocycles. The van der Waals surface area contributed by atoms with Gasteiger partial charge in [0.15, 0.2) is 0 Å². The van der Waals surface area contributed by atoms with Crippen molar-refractivity contribution in [2.45, 2.75) is 26.2 Å². The van der Waals surface area contributed by atoms with Crippen molar-refractivity contribution in [1.82, 2.24) is 0 Å². The van der Waals surface area contributed by atoms with Gasteiger partial charge in [0.05, 0.1) is 11.4 Å². The summed E-state index contributed by atoms with van der Waals surface area (Å²) in [6.07, 6.45) is 6.39.